The van der Waals surface area contributed by atoms with Crippen molar-refractivity contribution in [2.24, 2.45) is 0 Å². The van der Waals surface area contributed by atoms with Gasteiger partial charge in [-0.3, -0.25) is 38.4 Å². The molecule has 2 aliphatic rings. The minimum atomic E-state index is -2.30. The third-order valence-electron chi connectivity index (χ3n) is 18.3. The molecule has 0 bridgehead atoms. The number of thioether (sulfide) groups is 2. The summed E-state index contributed by atoms with van der Waals surface area (Å²) >= 11 is 2.90. The highest BCUT2D eigenvalue weighted by molar-refractivity contribution is 7.99. The molecule has 0 aliphatic carbocycles. The van der Waals surface area contributed by atoms with E-state index in [0.717, 1.165) is 36.5 Å². The molecule has 0 radical (unpaired) electrons. The van der Waals surface area contributed by atoms with Crippen LogP contribution in [0.25, 0.3) is 22.3 Å². The fourth-order valence-corrected chi connectivity index (χ4v) is 14.2. The standard InChI is InChI=1S/C79H101N5O24S2/c1-49(85)83-67-61(89)45-78(76(100)102-3,107-71(67)69(95)63(91)47-81-73(97)55-30-26-53(27-31-55)51-18-7-5-8-19-51)105-38-16-41-109-40-15-24-60(88)59-35-34-57(44-65(59)104-37-14-13-23-58(87)22-11-12-25-66(93)94)75(99)80-36-43-110-42-17-39-106-79(77(101)103-4)46-62(90)68(84-50(2)86)72(108-79)70(96)64(92)48-82-74(98)56-32-28-54(29-33-56)52-20-9-6-10-21-52/h5-10,18-21,26-35,44,61-64,67-72,89-92,95-96H,11-17,22-25,36-43,45-48H2,1-4H3,(H,80,99)(H,81,97)(H,82,98)(H,83,85)(H,84,86)(H,93,94)/t61-,62-,63+,64+,67+,68+,69+,70+,71+,72+,78+,79+/m0/s1. The second kappa shape index (κ2) is 45.0. The van der Waals surface area contributed by atoms with E-state index >= 15 is 0 Å². The lowest BCUT2D eigenvalue weighted by molar-refractivity contribution is -0.311. The number of esters is 2. The van der Waals surface area contributed by atoms with Crippen LogP contribution >= 0.6 is 23.5 Å². The van der Waals surface area contributed by atoms with Gasteiger partial charge in [-0.05, 0) is 127 Å². The van der Waals surface area contributed by atoms with Crippen molar-refractivity contribution in [2.75, 3.05) is 76.7 Å². The Morgan fingerprint density at radius 3 is 1.36 bits per heavy atom. The number of aliphatic hydroxyl groups excluding tert-OH is 6. The van der Waals surface area contributed by atoms with Gasteiger partial charge in [0.25, 0.3) is 29.3 Å². The number of aliphatic hydroxyl groups is 6. The molecule has 31 heteroatoms. The lowest BCUT2D eigenvalue weighted by Gasteiger charge is -2.47. The molecular formula is C79H101N5O24S2. The number of ether oxygens (including phenoxy) is 7. The van der Waals surface area contributed by atoms with Crippen molar-refractivity contribution in [1.82, 2.24) is 26.6 Å². The predicted octanol–water partition coefficient (Wildman–Crippen LogP) is 5.11. The van der Waals surface area contributed by atoms with Crippen LogP contribution in [-0.4, -0.2) is 244 Å². The monoisotopic (exact) mass is 1570 g/mol. The number of aliphatic carboxylic acids is 1. The van der Waals surface area contributed by atoms with Gasteiger partial charge < -0.3 is 95.5 Å². The van der Waals surface area contributed by atoms with Crippen LogP contribution in [-0.2, 0) is 57.2 Å². The third kappa shape index (κ3) is 26.8. The van der Waals surface area contributed by atoms with Crippen molar-refractivity contribution in [2.45, 2.75) is 170 Å². The highest BCUT2D eigenvalue weighted by atomic mass is 32.2. The number of methoxy groups -OCH3 is 2. The summed E-state index contributed by atoms with van der Waals surface area (Å²) in [5, 5.41) is 90.3. The maximum atomic E-state index is 13.9. The van der Waals surface area contributed by atoms with Gasteiger partial charge in [0.05, 0.1) is 76.1 Å². The number of benzene rings is 5. The number of carboxylic acids is 1. The number of amides is 5. The molecule has 110 heavy (non-hydrogen) atoms. The topological polar surface area (TPSA) is 437 Å². The average molecular weight is 1570 g/mol. The van der Waals surface area contributed by atoms with Crippen molar-refractivity contribution in [3.8, 4) is 28.0 Å². The third-order valence-corrected chi connectivity index (χ3v) is 20.5. The number of hydrogen-bond donors (Lipinski definition) is 12. The van der Waals surface area contributed by atoms with Crippen molar-refractivity contribution in [3.05, 3.63) is 150 Å². The summed E-state index contributed by atoms with van der Waals surface area (Å²) in [6.45, 7) is 1.39. The number of hydrogen-bond acceptors (Lipinski definition) is 25. The minimum absolute atomic E-state index is 0.0130. The Balaban J connectivity index is 0.879. The van der Waals surface area contributed by atoms with E-state index in [2.05, 4.69) is 26.6 Å². The van der Waals surface area contributed by atoms with E-state index < -0.39 is 146 Å². The zero-order chi connectivity index (χ0) is 79.8. The molecule has 0 saturated carbocycles. The average Bonchev–Trinajstić information content (AvgIpc) is 0.770. The molecule has 0 spiro atoms. The lowest BCUT2D eigenvalue weighted by atomic mass is 9.88. The van der Waals surface area contributed by atoms with E-state index in [1.54, 1.807) is 48.5 Å². The van der Waals surface area contributed by atoms with E-state index in [0.29, 0.717) is 68.0 Å². The van der Waals surface area contributed by atoms with Crippen LogP contribution < -0.4 is 31.3 Å². The Labute approximate surface area is 646 Å². The molecule has 5 aromatic carbocycles. The summed E-state index contributed by atoms with van der Waals surface area (Å²) in [6, 6.07) is 34.3. The molecule has 2 aliphatic heterocycles. The Morgan fingerprint density at radius 2 is 0.909 bits per heavy atom. The van der Waals surface area contributed by atoms with Gasteiger partial charge >= 0.3 is 17.9 Å². The van der Waals surface area contributed by atoms with E-state index in [9.17, 15) is 78.6 Å². The van der Waals surface area contributed by atoms with Crippen LogP contribution in [0.3, 0.4) is 0 Å². The molecule has 2 heterocycles. The molecule has 12 N–H and O–H groups in total. The Bertz CT molecular complexity index is 3830. The Kier molecular flexibility index (Phi) is 36.2. The quantitative estimate of drug-likeness (QED) is 0.0137. The van der Waals surface area contributed by atoms with Gasteiger partial charge in [-0.15, -0.1) is 0 Å². The van der Waals surface area contributed by atoms with Crippen LogP contribution in [0.2, 0.25) is 0 Å². The second-order valence-corrected chi connectivity index (χ2v) is 29.1. The highest BCUT2D eigenvalue weighted by Crippen LogP contribution is 2.37. The Morgan fingerprint density at radius 1 is 0.491 bits per heavy atom. The van der Waals surface area contributed by atoms with Crippen LogP contribution in [0.5, 0.6) is 5.75 Å². The number of rotatable bonds is 46. The van der Waals surface area contributed by atoms with Crippen molar-refractivity contribution in [3.63, 3.8) is 0 Å². The van der Waals surface area contributed by atoms with E-state index in [1.165, 1.54) is 55.6 Å². The first kappa shape index (κ1) is 88.5. The maximum Gasteiger partial charge on any atom is 0.366 e. The van der Waals surface area contributed by atoms with Gasteiger partial charge in [0.2, 0.25) is 11.8 Å². The van der Waals surface area contributed by atoms with Gasteiger partial charge in [-0.1, -0.05) is 84.9 Å². The first-order chi connectivity index (χ1) is 52.8. The number of carbonyl (C=O) groups is 10. The van der Waals surface area contributed by atoms with Crippen molar-refractivity contribution < 1.29 is 117 Å². The van der Waals surface area contributed by atoms with Crippen LogP contribution in [0.1, 0.15) is 139 Å². The summed E-state index contributed by atoms with van der Waals surface area (Å²) in [5.41, 5.74) is 4.60. The number of carboxylic acid groups (broad SMARTS) is 1. The molecule has 2 saturated heterocycles. The number of carbonyl (C=O) groups excluding carboxylic acids is 9. The summed E-state index contributed by atoms with van der Waals surface area (Å²) in [7, 11) is 2.14. The zero-order valence-corrected chi connectivity index (χ0v) is 63.7. The van der Waals surface area contributed by atoms with E-state index in [4.69, 9.17) is 38.3 Å². The molecule has 7 rings (SSSR count). The molecule has 0 unspecified atom stereocenters. The summed E-state index contributed by atoms with van der Waals surface area (Å²) in [5.74, 6) is -8.80. The van der Waals surface area contributed by atoms with E-state index in [1.807, 2.05) is 60.7 Å². The predicted molar refractivity (Wildman–Crippen MR) is 407 cm³/mol. The molecule has 29 nitrogen and oxygen atoms in total. The molecule has 12 atom stereocenters. The van der Waals surface area contributed by atoms with Gasteiger partial charge in [-0.2, -0.15) is 23.5 Å². The van der Waals surface area contributed by atoms with Crippen LogP contribution in [0.4, 0.5) is 0 Å². The van der Waals surface area contributed by atoms with Gasteiger partial charge in [0, 0.05) is 94.4 Å². The molecule has 2 fully saturated rings. The molecular weight excluding hydrogens is 1470 g/mol. The second-order valence-electron chi connectivity index (χ2n) is 26.6. The number of Topliss-reactive ketones (excluding diaryl/α,β-unsaturated/α-hetero) is 2. The first-order valence-electron chi connectivity index (χ1n) is 36.6. The zero-order valence-electron chi connectivity index (χ0n) is 62.0. The van der Waals surface area contributed by atoms with E-state index in [-0.39, 0.29) is 91.6 Å². The van der Waals surface area contributed by atoms with Crippen LogP contribution in [0.15, 0.2) is 127 Å². The number of ketones is 2. The summed E-state index contributed by atoms with van der Waals surface area (Å²) in [4.78, 5) is 129. The molecule has 5 aromatic rings. The lowest BCUT2D eigenvalue weighted by Crippen LogP contribution is -2.68. The smallest absolute Gasteiger partial charge is 0.366 e. The number of unbranched alkanes of at least 4 members (excludes halogenated alkanes) is 2. The van der Waals surface area contributed by atoms with Gasteiger partial charge in [0.15, 0.2) is 5.78 Å². The normalized spacial score (nSPS) is 20.6. The minimum Gasteiger partial charge on any atom is -0.493 e. The maximum absolute atomic E-state index is 13.9. The largest absolute Gasteiger partial charge is 0.493 e. The SMILES string of the molecule is COC(=O)[C@@]1(OCCCSCCCC(=O)c2ccc(C(=O)NCCSCCCO[C@]3(C(=O)OC)C[C@H](O)[C@@H](NC(C)=O)[C@H]([C@H](O)[C@H](O)CNC(=O)c4ccc(-c5ccccc5)cc4)O3)cc2OCCCCC(=O)CCCCC(=O)O)C[C@H](O)[C@@H](NC(C)=O)[C@H]([C@H](O)[C@H](O)CNC(=O)c2ccc(-c3ccccc3)cc2)O1. The fraction of sp³-hybridized carbons (Fsp3) is 0.494. The molecule has 598 valence electrons. The first-order valence-corrected chi connectivity index (χ1v) is 38.9. The van der Waals surface area contributed by atoms with Gasteiger partial charge in [0.1, 0.15) is 35.9 Å². The summed E-state index contributed by atoms with van der Waals surface area (Å²) in [6.07, 6.45) is -11.4. The molecule has 0 aromatic heterocycles. The highest BCUT2D eigenvalue weighted by Gasteiger charge is 2.58. The van der Waals surface area contributed by atoms with Crippen molar-refractivity contribution >= 4 is 82.5 Å². The number of nitrogens with one attached hydrogen (secondary N) is 5. The van der Waals surface area contributed by atoms with Crippen molar-refractivity contribution in [1.29, 1.82) is 0 Å². The Hall–Kier alpha value is -8.70. The fourth-order valence-electron chi connectivity index (χ4n) is 12.5. The van der Waals surface area contributed by atoms with Gasteiger partial charge in [-0.25, -0.2) is 9.59 Å². The molecule has 5 amide bonds. The van der Waals surface area contributed by atoms with Crippen LogP contribution in [0, 0.1) is 0 Å². The summed E-state index contributed by atoms with van der Waals surface area (Å²) < 4.78 is 40.5.